The summed E-state index contributed by atoms with van der Waals surface area (Å²) in [5.74, 6) is -5.51. The van der Waals surface area contributed by atoms with Gasteiger partial charge in [0.1, 0.15) is 12.7 Å². The van der Waals surface area contributed by atoms with Crippen molar-refractivity contribution in [2.24, 2.45) is 0 Å². The summed E-state index contributed by atoms with van der Waals surface area (Å²) in [4.78, 5) is 22.6. The van der Waals surface area contributed by atoms with Gasteiger partial charge in [0, 0.05) is 6.92 Å². The molecule has 1 heterocycles. The van der Waals surface area contributed by atoms with Crippen molar-refractivity contribution in [3.05, 3.63) is 35.9 Å². The molecule has 0 aliphatic carbocycles. The first-order valence-corrected chi connectivity index (χ1v) is 6.43. The van der Waals surface area contributed by atoms with Crippen LogP contribution >= 0.6 is 0 Å². The minimum absolute atomic E-state index is 0.0749. The lowest BCUT2D eigenvalue weighted by Crippen LogP contribution is -2.44. The van der Waals surface area contributed by atoms with Crippen LogP contribution in [0.1, 0.15) is 17.3 Å². The Morgan fingerprint density at radius 2 is 1.95 bits per heavy atom. The molecule has 0 radical (unpaired) electrons. The van der Waals surface area contributed by atoms with Crippen LogP contribution < -0.4 is 0 Å². The molecule has 6 nitrogen and oxygen atoms in total. The van der Waals surface area contributed by atoms with Crippen LogP contribution in [0.2, 0.25) is 0 Å². The van der Waals surface area contributed by atoms with Crippen molar-refractivity contribution in [1.29, 1.82) is 0 Å². The fraction of sp³-hybridized carbons (Fsp3) is 0.429. The lowest BCUT2D eigenvalue weighted by Gasteiger charge is -2.22. The number of alkyl halides is 2. The standard InChI is InChI=1S/C14H14F2O6/c1-8(17)20-7-10-11(14(15,16)13(19)21-10)22-12(18)9-5-3-2-4-6-9/h2-6,10-11,13,19H,7H2,1H3/t10-,11-,13?/m1/s1. The molecule has 3 atom stereocenters. The molecule has 8 heteroatoms. The monoisotopic (exact) mass is 316 g/mol. The molecule has 1 N–H and O–H groups in total. The van der Waals surface area contributed by atoms with Gasteiger partial charge in [0.25, 0.3) is 0 Å². The highest BCUT2D eigenvalue weighted by atomic mass is 19.3. The lowest BCUT2D eigenvalue weighted by atomic mass is 10.1. The summed E-state index contributed by atoms with van der Waals surface area (Å²) in [6.45, 7) is 0.531. The molecule has 1 aliphatic rings. The molecule has 120 valence electrons. The largest absolute Gasteiger partial charge is 0.463 e. The average molecular weight is 316 g/mol. The number of aliphatic hydroxyl groups excluding tert-OH is 1. The van der Waals surface area contributed by atoms with E-state index >= 15 is 0 Å². The smallest absolute Gasteiger partial charge is 0.338 e. The summed E-state index contributed by atoms with van der Waals surface area (Å²) in [5.41, 5.74) is 0.0749. The van der Waals surface area contributed by atoms with Crippen LogP contribution in [-0.2, 0) is 19.0 Å². The Bertz CT molecular complexity index is 548. The maximum Gasteiger partial charge on any atom is 0.338 e. The highest BCUT2D eigenvalue weighted by Crippen LogP contribution is 2.37. The summed E-state index contributed by atoms with van der Waals surface area (Å²) < 4.78 is 41.7. The SMILES string of the molecule is CC(=O)OC[C@H]1OC(O)C(F)(F)[C@@H]1OC(=O)c1ccccc1. The number of carbonyl (C=O) groups is 2. The van der Waals surface area contributed by atoms with E-state index in [1.165, 1.54) is 12.1 Å². The molecule has 1 aromatic carbocycles. The predicted octanol–water partition coefficient (Wildman–Crippen LogP) is 1.13. The second kappa shape index (κ2) is 6.37. The van der Waals surface area contributed by atoms with E-state index in [0.717, 1.165) is 6.92 Å². The summed E-state index contributed by atoms with van der Waals surface area (Å²) in [5, 5.41) is 9.24. The molecule has 0 aromatic heterocycles. The first-order valence-electron chi connectivity index (χ1n) is 6.43. The maximum atomic E-state index is 13.9. The molecule has 1 saturated heterocycles. The topological polar surface area (TPSA) is 82.1 Å². The number of halogens is 2. The van der Waals surface area contributed by atoms with Crippen LogP contribution in [0.15, 0.2) is 30.3 Å². The molecule has 0 saturated carbocycles. The van der Waals surface area contributed by atoms with E-state index in [4.69, 9.17) is 4.74 Å². The number of hydrogen-bond acceptors (Lipinski definition) is 6. The quantitative estimate of drug-likeness (QED) is 0.839. The second-order valence-corrected chi connectivity index (χ2v) is 4.70. The number of benzene rings is 1. The number of ether oxygens (including phenoxy) is 3. The van der Waals surface area contributed by atoms with Crippen LogP contribution in [-0.4, -0.2) is 48.1 Å². The van der Waals surface area contributed by atoms with Gasteiger partial charge in [0.2, 0.25) is 6.29 Å². The van der Waals surface area contributed by atoms with E-state index in [2.05, 4.69) is 9.47 Å². The van der Waals surface area contributed by atoms with Gasteiger partial charge in [0.05, 0.1) is 5.56 Å². The zero-order valence-electron chi connectivity index (χ0n) is 11.6. The zero-order chi connectivity index (χ0) is 16.3. The van der Waals surface area contributed by atoms with Gasteiger partial charge in [0.15, 0.2) is 6.10 Å². The van der Waals surface area contributed by atoms with Crippen LogP contribution in [0.3, 0.4) is 0 Å². The van der Waals surface area contributed by atoms with Gasteiger partial charge in [-0.1, -0.05) is 18.2 Å². The maximum absolute atomic E-state index is 13.9. The second-order valence-electron chi connectivity index (χ2n) is 4.70. The van der Waals surface area contributed by atoms with E-state index in [1.807, 2.05) is 0 Å². The van der Waals surface area contributed by atoms with Gasteiger partial charge in [-0.25, -0.2) is 4.79 Å². The van der Waals surface area contributed by atoms with Crippen molar-refractivity contribution < 1.29 is 37.7 Å². The van der Waals surface area contributed by atoms with Crippen molar-refractivity contribution >= 4 is 11.9 Å². The summed E-state index contributed by atoms with van der Waals surface area (Å²) in [6, 6.07) is 7.54. The van der Waals surface area contributed by atoms with Crippen molar-refractivity contribution in [2.45, 2.75) is 31.3 Å². The third kappa shape index (κ3) is 3.40. The fourth-order valence-corrected chi connectivity index (χ4v) is 1.95. The predicted molar refractivity (Wildman–Crippen MR) is 68.1 cm³/mol. The molecule has 1 aromatic rings. The fourth-order valence-electron chi connectivity index (χ4n) is 1.95. The van der Waals surface area contributed by atoms with Gasteiger partial charge in [-0.15, -0.1) is 0 Å². The van der Waals surface area contributed by atoms with E-state index in [-0.39, 0.29) is 5.56 Å². The van der Waals surface area contributed by atoms with Gasteiger partial charge in [-0.2, -0.15) is 8.78 Å². The van der Waals surface area contributed by atoms with Crippen molar-refractivity contribution in [3.8, 4) is 0 Å². The first kappa shape index (κ1) is 16.3. The van der Waals surface area contributed by atoms with Gasteiger partial charge in [-0.3, -0.25) is 4.79 Å². The highest BCUT2D eigenvalue weighted by Gasteiger charge is 2.61. The van der Waals surface area contributed by atoms with Crippen molar-refractivity contribution in [2.75, 3.05) is 6.61 Å². The van der Waals surface area contributed by atoms with Crippen LogP contribution in [0.5, 0.6) is 0 Å². The zero-order valence-corrected chi connectivity index (χ0v) is 11.6. The van der Waals surface area contributed by atoms with Crippen LogP contribution in [0, 0.1) is 0 Å². The Morgan fingerprint density at radius 1 is 1.32 bits per heavy atom. The van der Waals surface area contributed by atoms with E-state index in [9.17, 15) is 23.5 Å². The van der Waals surface area contributed by atoms with E-state index < -0.39 is 43.0 Å². The van der Waals surface area contributed by atoms with Crippen molar-refractivity contribution in [1.82, 2.24) is 0 Å². The minimum Gasteiger partial charge on any atom is -0.463 e. The molecule has 22 heavy (non-hydrogen) atoms. The van der Waals surface area contributed by atoms with E-state index in [0.29, 0.717) is 0 Å². The molecule has 0 bridgehead atoms. The summed E-state index contributed by atoms with van der Waals surface area (Å²) >= 11 is 0. The highest BCUT2D eigenvalue weighted by molar-refractivity contribution is 5.89. The average Bonchev–Trinajstić information content (AvgIpc) is 2.69. The first-order chi connectivity index (χ1) is 10.3. The normalized spacial score (nSPS) is 26.5. The third-order valence-corrected chi connectivity index (χ3v) is 3.04. The molecule has 1 aliphatic heterocycles. The van der Waals surface area contributed by atoms with Gasteiger partial charge < -0.3 is 19.3 Å². The van der Waals surface area contributed by atoms with E-state index in [1.54, 1.807) is 18.2 Å². The van der Waals surface area contributed by atoms with Crippen LogP contribution in [0.4, 0.5) is 8.78 Å². The molecule has 1 unspecified atom stereocenters. The summed E-state index contributed by atoms with van der Waals surface area (Å²) in [6.07, 6.45) is -5.96. The Labute approximate surface area is 124 Å². The Balaban J connectivity index is 2.13. The molecule has 0 spiro atoms. The molecular formula is C14H14F2O6. The lowest BCUT2D eigenvalue weighted by molar-refractivity contribution is -0.199. The Kier molecular flexibility index (Phi) is 4.72. The van der Waals surface area contributed by atoms with Crippen LogP contribution in [0.25, 0.3) is 0 Å². The molecule has 0 amide bonds. The summed E-state index contributed by atoms with van der Waals surface area (Å²) in [7, 11) is 0. The van der Waals surface area contributed by atoms with Gasteiger partial charge >= 0.3 is 17.9 Å². The Morgan fingerprint density at radius 3 is 2.55 bits per heavy atom. The number of aliphatic hydroxyl groups is 1. The molecule has 1 fully saturated rings. The third-order valence-electron chi connectivity index (χ3n) is 3.04. The number of rotatable bonds is 4. The molecular weight excluding hydrogens is 302 g/mol. The Hall–Kier alpha value is -2.06. The molecule has 2 rings (SSSR count). The van der Waals surface area contributed by atoms with Crippen molar-refractivity contribution in [3.63, 3.8) is 0 Å². The minimum atomic E-state index is -3.81. The number of esters is 2. The van der Waals surface area contributed by atoms with Gasteiger partial charge in [-0.05, 0) is 12.1 Å². The number of carbonyl (C=O) groups excluding carboxylic acids is 2. The number of hydrogen-bond donors (Lipinski definition) is 1.